The summed E-state index contributed by atoms with van der Waals surface area (Å²) in [6.07, 6.45) is 5.61. The molecule has 2 nitrogen and oxygen atoms in total. The molecule has 3 atom stereocenters. The highest BCUT2D eigenvalue weighted by Crippen LogP contribution is 2.44. The van der Waals surface area contributed by atoms with Gasteiger partial charge in [-0.15, -0.1) is 0 Å². The second-order valence-corrected chi connectivity index (χ2v) is 6.09. The van der Waals surface area contributed by atoms with Crippen molar-refractivity contribution in [3.63, 3.8) is 0 Å². The minimum atomic E-state index is 0.134. The van der Waals surface area contributed by atoms with Crippen molar-refractivity contribution in [2.75, 3.05) is 0 Å². The predicted octanol–water partition coefficient (Wildman–Crippen LogP) is 3.19. The van der Waals surface area contributed by atoms with Crippen LogP contribution >= 0.6 is 11.6 Å². The predicted molar refractivity (Wildman–Crippen MR) is 72.5 cm³/mol. The van der Waals surface area contributed by atoms with E-state index in [-0.39, 0.29) is 5.91 Å². The monoisotopic (exact) mass is 263 g/mol. The number of carbonyl (C=O) groups is 1. The number of carbonyl (C=O) groups excluding carboxylic acids is 1. The van der Waals surface area contributed by atoms with Gasteiger partial charge in [0.15, 0.2) is 0 Å². The van der Waals surface area contributed by atoms with Crippen LogP contribution in [0.5, 0.6) is 0 Å². The molecule has 3 rings (SSSR count). The van der Waals surface area contributed by atoms with Gasteiger partial charge in [-0.3, -0.25) is 4.79 Å². The average Bonchev–Trinajstić information content (AvgIpc) is 2.90. The van der Waals surface area contributed by atoms with Crippen molar-refractivity contribution in [3.05, 3.63) is 34.9 Å². The van der Waals surface area contributed by atoms with Crippen LogP contribution < -0.4 is 5.32 Å². The molecule has 18 heavy (non-hydrogen) atoms. The van der Waals surface area contributed by atoms with Crippen LogP contribution in [0.2, 0.25) is 5.02 Å². The van der Waals surface area contributed by atoms with Crippen LogP contribution in [0.1, 0.15) is 31.2 Å². The van der Waals surface area contributed by atoms with Crippen molar-refractivity contribution < 1.29 is 4.79 Å². The molecular weight excluding hydrogens is 246 g/mol. The van der Waals surface area contributed by atoms with Crippen LogP contribution in [0.25, 0.3) is 0 Å². The average molecular weight is 264 g/mol. The number of hydrogen-bond acceptors (Lipinski definition) is 1. The highest BCUT2D eigenvalue weighted by atomic mass is 35.5. The summed E-state index contributed by atoms with van der Waals surface area (Å²) in [5, 5.41) is 3.89. The maximum atomic E-state index is 12.0. The summed E-state index contributed by atoms with van der Waals surface area (Å²) in [4.78, 5) is 12.0. The van der Waals surface area contributed by atoms with E-state index in [1.165, 1.54) is 25.7 Å². The Morgan fingerprint density at radius 2 is 2.22 bits per heavy atom. The van der Waals surface area contributed by atoms with Gasteiger partial charge < -0.3 is 5.32 Å². The minimum absolute atomic E-state index is 0.134. The Balaban J connectivity index is 1.56. The smallest absolute Gasteiger partial charge is 0.224 e. The molecule has 2 saturated carbocycles. The summed E-state index contributed by atoms with van der Waals surface area (Å²) >= 11 is 5.92. The number of amides is 1. The quantitative estimate of drug-likeness (QED) is 0.892. The molecule has 0 aliphatic heterocycles. The lowest BCUT2D eigenvalue weighted by Crippen LogP contribution is -2.39. The molecule has 2 aliphatic carbocycles. The first-order valence-corrected chi connectivity index (χ1v) is 7.12. The van der Waals surface area contributed by atoms with Crippen LogP contribution in [-0.4, -0.2) is 11.9 Å². The van der Waals surface area contributed by atoms with Crippen LogP contribution in [0, 0.1) is 11.8 Å². The maximum Gasteiger partial charge on any atom is 0.224 e. The van der Waals surface area contributed by atoms with E-state index in [9.17, 15) is 4.79 Å². The van der Waals surface area contributed by atoms with Gasteiger partial charge in [0.2, 0.25) is 5.91 Å². The van der Waals surface area contributed by atoms with Crippen LogP contribution in [0.4, 0.5) is 0 Å². The lowest BCUT2D eigenvalue weighted by molar-refractivity contribution is -0.121. The first-order chi connectivity index (χ1) is 8.70. The molecule has 0 heterocycles. The van der Waals surface area contributed by atoms with Crippen molar-refractivity contribution in [2.45, 2.75) is 38.1 Å². The zero-order chi connectivity index (χ0) is 12.5. The van der Waals surface area contributed by atoms with E-state index >= 15 is 0 Å². The highest BCUT2D eigenvalue weighted by Gasteiger charge is 2.39. The van der Waals surface area contributed by atoms with Crippen molar-refractivity contribution in [2.24, 2.45) is 11.8 Å². The van der Waals surface area contributed by atoms with E-state index in [0.717, 1.165) is 17.4 Å². The van der Waals surface area contributed by atoms with Crippen LogP contribution in [0.3, 0.4) is 0 Å². The van der Waals surface area contributed by atoms with Crippen molar-refractivity contribution in [3.8, 4) is 0 Å². The molecule has 1 amide bonds. The fourth-order valence-electron chi connectivity index (χ4n) is 3.51. The van der Waals surface area contributed by atoms with Gasteiger partial charge in [-0.1, -0.05) is 30.2 Å². The van der Waals surface area contributed by atoms with Gasteiger partial charge >= 0.3 is 0 Å². The van der Waals surface area contributed by atoms with E-state index in [1.807, 2.05) is 24.3 Å². The maximum absolute atomic E-state index is 12.0. The van der Waals surface area contributed by atoms with Crippen molar-refractivity contribution >= 4 is 17.5 Å². The number of benzene rings is 1. The largest absolute Gasteiger partial charge is 0.353 e. The summed E-state index contributed by atoms with van der Waals surface area (Å²) in [6.45, 7) is 0. The first-order valence-electron chi connectivity index (χ1n) is 6.74. The third kappa shape index (κ3) is 2.54. The van der Waals surface area contributed by atoms with Crippen LogP contribution in [0.15, 0.2) is 24.3 Å². The van der Waals surface area contributed by atoms with E-state index in [4.69, 9.17) is 11.6 Å². The van der Waals surface area contributed by atoms with Crippen LogP contribution in [-0.2, 0) is 11.2 Å². The molecule has 1 N–H and O–H groups in total. The number of nitrogens with one attached hydrogen (secondary N) is 1. The standard InChI is InChI=1S/C15H18ClNO/c16-13-3-1-2-10(7-13)9-15(18)17-14-8-11-4-5-12(14)6-11/h1-3,7,11-12,14H,4-6,8-9H2,(H,17,18)/t11-,12-,14+/m1/s1. The summed E-state index contributed by atoms with van der Waals surface area (Å²) in [7, 11) is 0. The van der Waals surface area contributed by atoms with Gasteiger partial charge in [0, 0.05) is 11.1 Å². The van der Waals surface area contributed by atoms with Gasteiger partial charge in [-0.05, 0) is 48.8 Å². The van der Waals surface area contributed by atoms with E-state index in [1.54, 1.807) is 0 Å². The minimum Gasteiger partial charge on any atom is -0.353 e. The van der Waals surface area contributed by atoms with Crippen molar-refractivity contribution in [1.82, 2.24) is 5.32 Å². The second-order valence-electron chi connectivity index (χ2n) is 5.66. The van der Waals surface area contributed by atoms with Gasteiger partial charge in [-0.25, -0.2) is 0 Å². The molecule has 0 saturated heterocycles. The molecule has 1 aromatic rings. The molecule has 2 bridgehead atoms. The van der Waals surface area contributed by atoms with Gasteiger partial charge in [-0.2, -0.15) is 0 Å². The Hall–Kier alpha value is -1.02. The molecular formula is C15H18ClNO. The lowest BCUT2D eigenvalue weighted by atomic mass is 9.95. The van der Waals surface area contributed by atoms with E-state index < -0.39 is 0 Å². The Morgan fingerprint density at radius 1 is 1.33 bits per heavy atom. The fraction of sp³-hybridized carbons (Fsp3) is 0.533. The lowest BCUT2D eigenvalue weighted by Gasteiger charge is -2.22. The summed E-state index contributed by atoms with van der Waals surface area (Å²) in [6, 6.07) is 7.96. The summed E-state index contributed by atoms with van der Waals surface area (Å²) < 4.78 is 0. The molecule has 2 aliphatic rings. The molecule has 0 unspecified atom stereocenters. The Labute approximate surface area is 113 Å². The van der Waals surface area contributed by atoms with Crippen molar-refractivity contribution in [1.29, 1.82) is 0 Å². The molecule has 0 aromatic heterocycles. The number of hydrogen-bond donors (Lipinski definition) is 1. The molecule has 3 heteroatoms. The third-order valence-corrected chi connectivity index (χ3v) is 4.57. The molecule has 1 aromatic carbocycles. The number of fused-ring (bicyclic) bond motifs is 2. The van der Waals surface area contributed by atoms with Gasteiger partial charge in [0.25, 0.3) is 0 Å². The van der Waals surface area contributed by atoms with E-state index in [0.29, 0.717) is 17.5 Å². The normalized spacial score (nSPS) is 29.5. The van der Waals surface area contributed by atoms with Gasteiger partial charge in [0.05, 0.1) is 6.42 Å². The third-order valence-electron chi connectivity index (χ3n) is 4.34. The Bertz CT molecular complexity index is 460. The highest BCUT2D eigenvalue weighted by molar-refractivity contribution is 6.30. The second kappa shape index (κ2) is 4.93. The summed E-state index contributed by atoms with van der Waals surface area (Å²) in [5.74, 6) is 1.74. The molecule has 96 valence electrons. The summed E-state index contributed by atoms with van der Waals surface area (Å²) in [5.41, 5.74) is 0.989. The molecule has 0 radical (unpaired) electrons. The molecule has 2 fully saturated rings. The SMILES string of the molecule is O=C(Cc1cccc(Cl)c1)N[C@H]1C[C@@H]2CC[C@@H]1C2. The fourth-order valence-corrected chi connectivity index (χ4v) is 3.72. The Kier molecular flexibility index (Phi) is 3.29. The van der Waals surface area contributed by atoms with E-state index in [2.05, 4.69) is 5.32 Å². The zero-order valence-corrected chi connectivity index (χ0v) is 11.1. The zero-order valence-electron chi connectivity index (χ0n) is 10.4. The molecule has 0 spiro atoms. The Morgan fingerprint density at radius 3 is 2.89 bits per heavy atom. The topological polar surface area (TPSA) is 29.1 Å². The number of halogens is 1. The number of rotatable bonds is 3. The van der Waals surface area contributed by atoms with Gasteiger partial charge in [0.1, 0.15) is 0 Å². The first kappa shape index (κ1) is 12.0.